The van der Waals surface area contributed by atoms with Crippen molar-refractivity contribution in [2.24, 2.45) is 0 Å². The Morgan fingerprint density at radius 3 is 2.63 bits per heavy atom. The molecule has 4 rings (SSSR count). The van der Waals surface area contributed by atoms with Crippen molar-refractivity contribution in [3.8, 4) is 0 Å². The monoisotopic (exact) mass is 421 g/mol. The van der Waals surface area contributed by atoms with Crippen molar-refractivity contribution in [1.29, 1.82) is 0 Å². The summed E-state index contributed by atoms with van der Waals surface area (Å²) in [6, 6.07) is 3.24. The second kappa shape index (κ2) is 7.52. The van der Waals surface area contributed by atoms with Crippen LogP contribution in [0.25, 0.3) is 10.8 Å². The van der Waals surface area contributed by atoms with E-state index in [1.807, 2.05) is 0 Å². The first kappa shape index (κ1) is 20.0. The molecule has 0 spiro atoms. The predicted molar refractivity (Wildman–Crippen MR) is 98.2 cm³/mol. The number of halogens is 4. The van der Waals surface area contributed by atoms with Gasteiger partial charge in [-0.1, -0.05) is 0 Å². The van der Waals surface area contributed by atoms with E-state index in [1.54, 1.807) is 0 Å². The molecule has 156 valence electrons. The zero-order valence-electron chi connectivity index (χ0n) is 15.6. The molecule has 0 saturated carbocycles. The Balaban J connectivity index is 1.82. The molecule has 0 saturated heterocycles. The molecular formula is C20H15F4N3O3. The maximum Gasteiger partial charge on any atom is 0.280 e. The van der Waals surface area contributed by atoms with Gasteiger partial charge < -0.3 is 14.6 Å². The van der Waals surface area contributed by atoms with E-state index in [4.69, 9.17) is 4.74 Å². The van der Waals surface area contributed by atoms with Gasteiger partial charge in [0.05, 0.1) is 24.6 Å². The van der Waals surface area contributed by atoms with Crippen LogP contribution in [0.4, 0.5) is 17.6 Å². The van der Waals surface area contributed by atoms with Crippen molar-refractivity contribution in [2.75, 3.05) is 13.7 Å². The van der Waals surface area contributed by atoms with Crippen LogP contribution in [-0.2, 0) is 11.3 Å². The molecule has 1 aromatic carbocycles. The highest BCUT2D eigenvalue weighted by atomic mass is 19.3. The third-order valence-corrected chi connectivity index (χ3v) is 5.08. The molecule has 1 atom stereocenters. The summed E-state index contributed by atoms with van der Waals surface area (Å²) in [5.41, 5.74) is -0.425. The van der Waals surface area contributed by atoms with Gasteiger partial charge >= 0.3 is 0 Å². The number of H-pyrrole nitrogens is 1. The van der Waals surface area contributed by atoms with E-state index in [2.05, 4.69) is 9.97 Å². The second-order valence-corrected chi connectivity index (χ2v) is 6.88. The first-order valence-electron chi connectivity index (χ1n) is 8.90. The van der Waals surface area contributed by atoms with Gasteiger partial charge in [-0.3, -0.25) is 14.6 Å². The number of aromatic nitrogens is 2. The Hall–Kier alpha value is -3.27. The topological polar surface area (TPSA) is 75.3 Å². The third-order valence-electron chi connectivity index (χ3n) is 5.08. The average molecular weight is 421 g/mol. The molecule has 1 aliphatic rings. The number of pyridine rings is 2. The lowest BCUT2D eigenvalue weighted by atomic mass is 9.95. The Labute approximate surface area is 167 Å². The van der Waals surface area contributed by atoms with Gasteiger partial charge in [-0.25, -0.2) is 17.6 Å². The fraction of sp³-hybridized carbons (Fsp3) is 0.250. The standard InChI is InChI=1S/C20H15F4N3O3/c1-27(20(29)9-2-3-25-14(4-9)18(23)24)16-8-30-7-15-17(16)10-5-12(21)13(22)6-11(10)19(28)26-15/h2-6,16,18H,7-8H2,1H3,(H,26,28). The zero-order valence-corrected chi connectivity index (χ0v) is 15.6. The number of carbonyl (C=O) groups excluding carboxylic acids is 1. The van der Waals surface area contributed by atoms with E-state index in [-0.39, 0.29) is 29.5 Å². The van der Waals surface area contributed by atoms with E-state index in [1.165, 1.54) is 18.0 Å². The summed E-state index contributed by atoms with van der Waals surface area (Å²) in [7, 11) is 1.44. The number of benzene rings is 1. The minimum Gasteiger partial charge on any atom is -0.373 e. The number of aromatic amines is 1. The van der Waals surface area contributed by atoms with E-state index in [9.17, 15) is 27.2 Å². The first-order valence-corrected chi connectivity index (χ1v) is 8.90. The molecule has 10 heteroatoms. The minimum atomic E-state index is -2.84. The van der Waals surface area contributed by atoms with Crippen molar-refractivity contribution >= 4 is 16.7 Å². The number of carbonyl (C=O) groups is 1. The van der Waals surface area contributed by atoms with Gasteiger partial charge in [-0.2, -0.15) is 0 Å². The number of hydrogen-bond donors (Lipinski definition) is 1. The molecule has 2 aromatic heterocycles. The summed E-state index contributed by atoms with van der Waals surface area (Å²) in [4.78, 5) is 32.6. The quantitative estimate of drug-likeness (QED) is 0.657. The first-order chi connectivity index (χ1) is 14.3. The maximum absolute atomic E-state index is 13.9. The Kier molecular flexibility index (Phi) is 5.02. The van der Waals surface area contributed by atoms with Crippen LogP contribution in [0.5, 0.6) is 0 Å². The lowest BCUT2D eigenvalue weighted by Crippen LogP contribution is -2.37. The molecule has 0 bridgehead atoms. The smallest absolute Gasteiger partial charge is 0.280 e. The maximum atomic E-state index is 13.9. The Morgan fingerprint density at radius 1 is 1.23 bits per heavy atom. The molecule has 0 aliphatic carbocycles. The molecule has 1 unspecified atom stereocenters. The van der Waals surface area contributed by atoms with Crippen LogP contribution in [0.3, 0.4) is 0 Å². The van der Waals surface area contributed by atoms with Crippen LogP contribution >= 0.6 is 0 Å². The molecule has 1 N–H and O–H groups in total. The Morgan fingerprint density at radius 2 is 1.93 bits per heavy atom. The van der Waals surface area contributed by atoms with Crippen molar-refractivity contribution in [2.45, 2.75) is 19.1 Å². The molecule has 1 amide bonds. The number of amides is 1. The van der Waals surface area contributed by atoms with Gasteiger partial charge in [0.25, 0.3) is 17.9 Å². The van der Waals surface area contributed by atoms with E-state index >= 15 is 0 Å². The van der Waals surface area contributed by atoms with Gasteiger partial charge in [-0.15, -0.1) is 0 Å². The fourth-order valence-corrected chi connectivity index (χ4v) is 3.59. The Bertz CT molecular complexity index is 1210. The number of nitrogens with one attached hydrogen (secondary N) is 1. The molecule has 0 radical (unpaired) electrons. The van der Waals surface area contributed by atoms with Gasteiger partial charge in [0.2, 0.25) is 0 Å². The highest BCUT2D eigenvalue weighted by Gasteiger charge is 2.31. The molecule has 6 nitrogen and oxygen atoms in total. The number of likely N-dealkylation sites (N-methyl/N-ethyl adjacent to an activating group) is 1. The summed E-state index contributed by atoms with van der Waals surface area (Å²) in [5.74, 6) is -2.90. The summed E-state index contributed by atoms with van der Waals surface area (Å²) < 4.78 is 59.0. The minimum absolute atomic E-state index is 0.0131. The van der Waals surface area contributed by atoms with Crippen molar-refractivity contribution in [1.82, 2.24) is 14.9 Å². The molecule has 3 heterocycles. The molecule has 1 aliphatic heterocycles. The highest BCUT2D eigenvalue weighted by molar-refractivity contribution is 5.95. The van der Waals surface area contributed by atoms with Crippen molar-refractivity contribution in [3.63, 3.8) is 0 Å². The highest BCUT2D eigenvalue weighted by Crippen LogP contribution is 2.34. The predicted octanol–water partition coefficient (Wildman–Crippen LogP) is 3.48. The molecule has 0 fully saturated rings. The zero-order chi connectivity index (χ0) is 21.6. The fourth-order valence-electron chi connectivity index (χ4n) is 3.59. The lowest BCUT2D eigenvalue weighted by molar-refractivity contribution is 0.0335. The van der Waals surface area contributed by atoms with Crippen LogP contribution in [0.2, 0.25) is 0 Å². The van der Waals surface area contributed by atoms with Gasteiger partial charge in [0, 0.05) is 30.1 Å². The van der Waals surface area contributed by atoms with Gasteiger partial charge in [0.1, 0.15) is 5.69 Å². The second-order valence-electron chi connectivity index (χ2n) is 6.88. The summed E-state index contributed by atoms with van der Waals surface area (Å²) in [5, 5.41) is 0.0906. The van der Waals surface area contributed by atoms with Crippen LogP contribution in [-0.4, -0.2) is 34.4 Å². The van der Waals surface area contributed by atoms with Gasteiger partial charge in [-0.05, 0) is 29.7 Å². The van der Waals surface area contributed by atoms with Crippen LogP contribution in [0.15, 0.2) is 35.3 Å². The number of nitrogens with zero attached hydrogens (tertiary/aromatic N) is 2. The molecule has 30 heavy (non-hydrogen) atoms. The lowest BCUT2D eigenvalue weighted by Gasteiger charge is -2.34. The van der Waals surface area contributed by atoms with Gasteiger partial charge in [0.15, 0.2) is 11.6 Å². The largest absolute Gasteiger partial charge is 0.373 e. The van der Waals surface area contributed by atoms with E-state index in [0.717, 1.165) is 24.4 Å². The van der Waals surface area contributed by atoms with Crippen LogP contribution in [0.1, 0.15) is 39.8 Å². The van der Waals surface area contributed by atoms with Crippen LogP contribution < -0.4 is 5.56 Å². The van der Waals surface area contributed by atoms with E-state index in [0.29, 0.717) is 11.3 Å². The van der Waals surface area contributed by atoms with Crippen molar-refractivity contribution in [3.05, 3.63) is 75.0 Å². The summed E-state index contributed by atoms with van der Waals surface area (Å²) >= 11 is 0. The summed E-state index contributed by atoms with van der Waals surface area (Å²) in [6.45, 7) is 0.0327. The van der Waals surface area contributed by atoms with E-state index < -0.39 is 41.3 Å². The normalized spacial score (nSPS) is 16.0. The number of alkyl halides is 2. The number of hydrogen-bond acceptors (Lipinski definition) is 4. The number of fused-ring (bicyclic) bond motifs is 3. The number of rotatable bonds is 3. The molecular weight excluding hydrogens is 406 g/mol. The SMILES string of the molecule is CN(C(=O)c1ccnc(C(F)F)c1)C1COCc2[nH]c(=O)c3cc(F)c(F)cc3c21. The average Bonchev–Trinajstić information content (AvgIpc) is 2.73. The summed E-state index contributed by atoms with van der Waals surface area (Å²) in [6.07, 6.45) is -1.73. The third kappa shape index (κ3) is 3.32. The van der Waals surface area contributed by atoms with Crippen LogP contribution in [0, 0.1) is 11.6 Å². The molecule has 3 aromatic rings. The van der Waals surface area contributed by atoms with Crippen molar-refractivity contribution < 1.29 is 27.1 Å². The number of ether oxygens (including phenoxy) is 1.